The number of hydroxylamine groups is 1. The molecule has 0 aromatic carbocycles. The summed E-state index contributed by atoms with van der Waals surface area (Å²) in [5, 5.41) is 8.48. The Kier molecular flexibility index (Phi) is 5.48. The van der Waals surface area contributed by atoms with Crippen LogP contribution in [0.5, 0.6) is 5.88 Å². The maximum Gasteiger partial charge on any atom is 0.350 e. The summed E-state index contributed by atoms with van der Waals surface area (Å²) in [6, 6.07) is 2.78. The Morgan fingerprint density at radius 2 is 2.35 bits per heavy atom. The Morgan fingerprint density at radius 3 is 2.88 bits per heavy atom. The molecule has 2 N–H and O–H groups in total. The van der Waals surface area contributed by atoms with Crippen LogP contribution in [0.2, 0.25) is 0 Å². The van der Waals surface area contributed by atoms with Crippen LogP contribution >= 0.6 is 8.03 Å². The number of hydrogen-bond donors (Lipinski definition) is 2. The van der Waals surface area contributed by atoms with Crippen molar-refractivity contribution in [3.63, 3.8) is 0 Å². The van der Waals surface area contributed by atoms with Crippen molar-refractivity contribution in [2.45, 2.75) is 12.8 Å². The highest BCUT2D eigenvalue weighted by Gasteiger charge is 2.07. The SMILES string of the molecule is O=C(O)CCCNOc1ccc([P+](=O)[O-])cn1. The van der Waals surface area contributed by atoms with Gasteiger partial charge < -0.3 is 14.8 Å². The summed E-state index contributed by atoms with van der Waals surface area (Å²) in [5.74, 6) is -0.644. The predicted molar refractivity (Wildman–Crippen MR) is 57.0 cm³/mol. The maximum atomic E-state index is 10.6. The van der Waals surface area contributed by atoms with Gasteiger partial charge in [-0.1, -0.05) is 4.57 Å². The normalized spacial score (nSPS) is 11.0. The van der Waals surface area contributed by atoms with Gasteiger partial charge in [-0.25, -0.2) is 4.98 Å². The number of aliphatic carboxylic acids is 1. The molecule has 92 valence electrons. The standard InChI is InChI=1S/C9H11N2O5P/c12-9(13)2-1-5-11-16-8-4-3-7(6-10-8)17(14)15/h3-4,6,11H,1-2,5H2,(H,12,13). The third-order valence-electron chi connectivity index (χ3n) is 1.78. The second-order valence-corrected chi connectivity index (χ2v) is 4.14. The van der Waals surface area contributed by atoms with E-state index in [-0.39, 0.29) is 17.6 Å². The molecule has 17 heavy (non-hydrogen) atoms. The van der Waals surface area contributed by atoms with Gasteiger partial charge in [0.2, 0.25) is 11.2 Å². The number of carboxylic acids is 1. The molecule has 8 heteroatoms. The number of rotatable bonds is 7. The van der Waals surface area contributed by atoms with Gasteiger partial charge in [0.15, 0.2) is 0 Å². The van der Waals surface area contributed by atoms with E-state index in [4.69, 9.17) is 9.94 Å². The van der Waals surface area contributed by atoms with Gasteiger partial charge in [-0.15, -0.1) is 0 Å². The number of carbonyl (C=O) groups is 1. The smallest absolute Gasteiger partial charge is 0.350 e. The van der Waals surface area contributed by atoms with Gasteiger partial charge in [-0.3, -0.25) is 4.79 Å². The minimum Gasteiger partial charge on any atom is -0.591 e. The number of carboxylic acid groups (broad SMARTS) is 1. The zero-order valence-electron chi connectivity index (χ0n) is 8.83. The van der Waals surface area contributed by atoms with E-state index in [2.05, 4.69) is 10.5 Å². The van der Waals surface area contributed by atoms with E-state index in [1.54, 1.807) is 0 Å². The number of nitrogens with one attached hydrogen (secondary N) is 1. The molecule has 0 saturated carbocycles. The lowest BCUT2D eigenvalue weighted by atomic mass is 10.3. The van der Waals surface area contributed by atoms with E-state index in [0.29, 0.717) is 13.0 Å². The van der Waals surface area contributed by atoms with Gasteiger partial charge in [0, 0.05) is 19.0 Å². The van der Waals surface area contributed by atoms with Crippen LogP contribution in [0.25, 0.3) is 0 Å². The molecule has 1 atom stereocenters. The van der Waals surface area contributed by atoms with E-state index in [0.717, 1.165) is 0 Å². The molecule has 0 saturated heterocycles. The lowest BCUT2D eigenvalue weighted by Crippen LogP contribution is -2.21. The van der Waals surface area contributed by atoms with Crippen LogP contribution < -0.4 is 20.5 Å². The molecule has 0 radical (unpaired) electrons. The first-order chi connectivity index (χ1) is 8.09. The molecule has 7 nitrogen and oxygen atoms in total. The fraction of sp³-hybridized carbons (Fsp3) is 0.333. The van der Waals surface area contributed by atoms with E-state index in [1.165, 1.54) is 18.3 Å². The van der Waals surface area contributed by atoms with E-state index in [9.17, 15) is 14.3 Å². The highest BCUT2D eigenvalue weighted by molar-refractivity contribution is 7.45. The summed E-state index contributed by atoms with van der Waals surface area (Å²) < 4.78 is 10.6. The van der Waals surface area contributed by atoms with Gasteiger partial charge in [-0.2, -0.15) is 5.48 Å². The summed E-state index contributed by atoms with van der Waals surface area (Å²) in [6.45, 7) is 0.367. The Bertz CT molecular complexity index is 395. The van der Waals surface area contributed by atoms with Gasteiger partial charge in [-0.05, 0) is 12.5 Å². The first-order valence-electron chi connectivity index (χ1n) is 4.81. The van der Waals surface area contributed by atoms with Gasteiger partial charge in [0.05, 0.1) is 6.20 Å². The van der Waals surface area contributed by atoms with Crippen LogP contribution in [0.4, 0.5) is 0 Å². The Hall–Kier alpha value is -1.56. The topological polar surface area (TPSA) is 112 Å². The molecule has 1 rings (SSSR count). The molecular formula is C9H11N2O5P. The van der Waals surface area contributed by atoms with Crippen LogP contribution in [0.1, 0.15) is 12.8 Å². The molecule has 0 amide bonds. The predicted octanol–water partition coefficient (Wildman–Crippen LogP) is -0.442. The average Bonchev–Trinajstić information content (AvgIpc) is 2.29. The fourth-order valence-electron chi connectivity index (χ4n) is 0.978. The third kappa shape index (κ3) is 5.35. The van der Waals surface area contributed by atoms with E-state index < -0.39 is 14.0 Å². The Morgan fingerprint density at radius 1 is 1.59 bits per heavy atom. The average molecular weight is 258 g/mol. The zero-order valence-corrected chi connectivity index (χ0v) is 9.72. The molecule has 1 aromatic rings. The van der Waals surface area contributed by atoms with E-state index in [1.807, 2.05) is 0 Å². The van der Waals surface area contributed by atoms with Crippen molar-refractivity contribution in [2.75, 3.05) is 6.54 Å². The van der Waals surface area contributed by atoms with Crippen LogP contribution in [0.15, 0.2) is 18.3 Å². The minimum atomic E-state index is -2.64. The van der Waals surface area contributed by atoms with Crippen molar-refractivity contribution in [3.05, 3.63) is 18.3 Å². The first kappa shape index (κ1) is 13.5. The lowest BCUT2D eigenvalue weighted by molar-refractivity contribution is -0.160. The van der Waals surface area contributed by atoms with Crippen molar-refractivity contribution >= 4 is 19.3 Å². The number of aromatic nitrogens is 1. The minimum absolute atomic E-state index is 0.0549. The summed E-state index contributed by atoms with van der Waals surface area (Å²) in [5.41, 5.74) is 2.53. The van der Waals surface area contributed by atoms with Crippen LogP contribution in [0.3, 0.4) is 0 Å². The number of pyridine rings is 1. The molecule has 0 spiro atoms. The number of hydrogen-bond acceptors (Lipinski definition) is 6. The Labute approximate surface area is 98.3 Å². The fourth-order valence-corrected chi connectivity index (χ4v) is 1.33. The largest absolute Gasteiger partial charge is 0.591 e. The van der Waals surface area contributed by atoms with Crippen LogP contribution in [-0.2, 0) is 9.36 Å². The van der Waals surface area contributed by atoms with Crippen LogP contribution in [0, 0.1) is 0 Å². The quantitative estimate of drug-likeness (QED) is 0.387. The second kappa shape index (κ2) is 6.90. The van der Waals surface area contributed by atoms with Crippen molar-refractivity contribution in [1.82, 2.24) is 10.5 Å². The summed E-state index contributed by atoms with van der Waals surface area (Å²) in [7, 11) is -2.64. The maximum absolute atomic E-state index is 10.6. The molecule has 0 fully saturated rings. The molecule has 1 aromatic heterocycles. The van der Waals surface area contributed by atoms with Crippen molar-refractivity contribution in [3.8, 4) is 5.88 Å². The highest BCUT2D eigenvalue weighted by Crippen LogP contribution is 2.09. The summed E-state index contributed by atoms with van der Waals surface area (Å²) in [6.07, 6.45) is 1.67. The molecule has 0 bridgehead atoms. The first-order valence-corrected chi connectivity index (χ1v) is 5.99. The highest BCUT2D eigenvalue weighted by atomic mass is 31.1. The summed E-state index contributed by atoms with van der Waals surface area (Å²) >= 11 is 0. The number of nitrogens with zero attached hydrogens (tertiary/aromatic N) is 1. The van der Waals surface area contributed by atoms with Crippen molar-refractivity contribution in [1.29, 1.82) is 0 Å². The molecular weight excluding hydrogens is 247 g/mol. The molecule has 1 unspecified atom stereocenters. The van der Waals surface area contributed by atoms with Crippen LogP contribution in [-0.4, -0.2) is 22.6 Å². The third-order valence-corrected chi connectivity index (χ3v) is 2.46. The van der Waals surface area contributed by atoms with Gasteiger partial charge in [0.1, 0.15) is 0 Å². The monoisotopic (exact) mass is 258 g/mol. The molecule has 1 heterocycles. The Balaban J connectivity index is 2.27. The second-order valence-electron chi connectivity index (χ2n) is 3.11. The lowest BCUT2D eigenvalue weighted by Gasteiger charge is -2.04. The molecule has 0 aliphatic heterocycles. The zero-order chi connectivity index (χ0) is 12.7. The molecule has 0 aliphatic rings. The van der Waals surface area contributed by atoms with Crippen molar-refractivity contribution < 1.29 is 24.2 Å². The van der Waals surface area contributed by atoms with Gasteiger partial charge in [0.25, 0.3) is 0 Å². The summed E-state index contributed by atoms with van der Waals surface area (Å²) in [4.78, 5) is 29.5. The van der Waals surface area contributed by atoms with Crippen molar-refractivity contribution in [2.24, 2.45) is 0 Å². The molecule has 0 aliphatic carbocycles. The van der Waals surface area contributed by atoms with E-state index >= 15 is 0 Å². The van der Waals surface area contributed by atoms with Gasteiger partial charge >= 0.3 is 14.0 Å².